The van der Waals surface area contributed by atoms with Gasteiger partial charge in [-0.2, -0.15) is 0 Å². The Morgan fingerprint density at radius 1 is 1.50 bits per heavy atom. The van der Waals surface area contributed by atoms with Crippen LogP contribution in [-0.2, 0) is 0 Å². The van der Waals surface area contributed by atoms with Gasteiger partial charge in [0, 0.05) is 19.8 Å². The van der Waals surface area contributed by atoms with Gasteiger partial charge in [0.1, 0.15) is 11.4 Å². The van der Waals surface area contributed by atoms with Crippen LogP contribution in [0.5, 0.6) is 0 Å². The van der Waals surface area contributed by atoms with E-state index in [2.05, 4.69) is 25.8 Å². The predicted octanol–water partition coefficient (Wildman–Crippen LogP) is 2.26. The topological polar surface area (TPSA) is 53.4 Å². The molecule has 0 fully saturated rings. The molecule has 0 atom stereocenters. The maximum absolute atomic E-state index is 11.0. The molecule has 0 radical (unpaired) electrons. The lowest BCUT2D eigenvalue weighted by molar-refractivity contribution is 0.0697. The summed E-state index contributed by atoms with van der Waals surface area (Å²) in [6, 6.07) is 3.21. The van der Waals surface area contributed by atoms with Gasteiger partial charge in [0.15, 0.2) is 0 Å². The monoisotopic (exact) mass is 222 g/mol. The summed E-state index contributed by atoms with van der Waals surface area (Å²) < 4.78 is 0. The zero-order chi connectivity index (χ0) is 12.3. The zero-order valence-electron chi connectivity index (χ0n) is 10.2. The van der Waals surface area contributed by atoms with Gasteiger partial charge in [0.25, 0.3) is 0 Å². The van der Waals surface area contributed by atoms with Crippen molar-refractivity contribution >= 4 is 11.8 Å². The van der Waals surface area contributed by atoms with Crippen molar-refractivity contribution in [2.75, 3.05) is 18.5 Å². The van der Waals surface area contributed by atoms with Crippen molar-refractivity contribution in [2.45, 2.75) is 20.8 Å². The lowest BCUT2D eigenvalue weighted by atomic mass is 9.96. The molecule has 0 aliphatic carbocycles. The second-order valence-corrected chi connectivity index (χ2v) is 5.10. The molecule has 0 aromatic carbocycles. The highest BCUT2D eigenvalue weighted by Gasteiger charge is 2.19. The van der Waals surface area contributed by atoms with E-state index in [1.54, 1.807) is 18.3 Å². The van der Waals surface area contributed by atoms with Crippen LogP contribution in [0.2, 0.25) is 0 Å². The van der Waals surface area contributed by atoms with Crippen molar-refractivity contribution in [2.24, 2.45) is 5.41 Å². The van der Waals surface area contributed by atoms with Gasteiger partial charge in [0.2, 0.25) is 0 Å². The molecular weight excluding hydrogens is 204 g/mol. The van der Waals surface area contributed by atoms with Gasteiger partial charge in [-0.05, 0) is 17.5 Å². The average Bonchev–Trinajstić information content (AvgIpc) is 2.15. The van der Waals surface area contributed by atoms with Gasteiger partial charge in [-0.15, -0.1) is 0 Å². The van der Waals surface area contributed by atoms with Crippen LogP contribution in [-0.4, -0.2) is 29.7 Å². The minimum Gasteiger partial charge on any atom is -0.478 e. The Morgan fingerprint density at radius 3 is 2.62 bits per heavy atom. The van der Waals surface area contributed by atoms with Crippen LogP contribution in [0.3, 0.4) is 0 Å². The maximum atomic E-state index is 11.0. The second-order valence-electron chi connectivity index (χ2n) is 5.10. The SMILES string of the molecule is CN(CC(C)(C)C)c1ncccc1C(=O)O. The highest BCUT2D eigenvalue weighted by atomic mass is 16.4. The summed E-state index contributed by atoms with van der Waals surface area (Å²) in [5.41, 5.74) is 0.344. The van der Waals surface area contributed by atoms with Crippen LogP contribution in [0.25, 0.3) is 0 Å². The van der Waals surface area contributed by atoms with Crippen molar-refractivity contribution in [3.63, 3.8) is 0 Å². The molecule has 1 aromatic rings. The van der Waals surface area contributed by atoms with Crippen LogP contribution >= 0.6 is 0 Å². The normalized spacial score (nSPS) is 11.2. The summed E-state index contributed by atoms with van der Waals surface area (Å²) in [6.45, 7) is 7.07. The van der Waals surface area contributed by atoms with Crippen molar-refractivity contribution in [1.29, 1.82) is 0 Å². The first kappa shape index (κ1) is 12.5. The minimum atomic E-state index is -0.941. The van der Waals surface area contributed by atoms with Gasteiger partial charge in [-0.1, -0.05) is 20.8 Å². The summed E-state index contributed by atoms with van der Waals surface area (Å²) in [7, 11) is 1.86. The largest absolute Gasteiger partial charge is 0.478 e. The van der Waals surface area contributed by atoms with Crippen molar-refractivity contribution < 1.29 is 9.90 Å². The zero-order valence-corrected chi connectivity index (χ0v) is 10.2. The third-order valence-electron chi connectivity index (χ3n) is 2.09. The van der Waals surface area contributed by atoms with Gasteiger partial charge >= 0.3 is 5.97 Å². The van der Waals surface area contributed by atoms with E-state index in [4.69, 9.17) is 5.11 Å². The average molecular weight is 222 g/mol. The Labute approximate surface area is 95.9 Å². The molecule has 1 N–H and O–H groups in total. The molecule has 1 rings (SSSR count). The molecule has 4 nitrogen and oxygen atoms in total. The number of carboxylic acids is 1. The van der Waals surface area contributed by atoms with Crippen LogP contribution < -0.4 is 4.90 Å². The fourth-order valence-electron chi connectivity index (χ4n) is 1.65. The number of hydrogen-bond donors (Lipinski definition) is 1. The summed E-state index contributed by atoms with van der Waals surface area (Å²) >= 11 is 0. The lowest BCUT2D eigenvalue weighted by Gasteiger charge is -2.28. The molecule has 0 saturated carbocycles. The molecule has 0 amide bonds. The number of carbonyl (C=O) groups is 1. The number of pyridine rings is 1. The second kappa shape index (κ2) is 4.51. The number of rotatable bonds is 3. The first-order valence-corrected chi connectivity index (χ1v) is 5.21. The van der Waals surface area contributed by atoms with E-state index in [1.165, 1.54) is 0 Å². The van der Waals surface area contributed by atoms with E-state index < -0.39 is 5.97 Å². The minimum absolute atomic E-state index is 0.0993. The number of aromatic carboxylic acids is 1. The molecule has 0 unspecified atom stereocenters. The molecule has 0 spiro atoms. The fraction of sp³-hybridized carbons (Fsp3) is 0.500. The highest BCUT2D eigenvalue weighted by molar-refractivity contribution is 5.93. The maximum Gasteiger partial charge on any atom is 0.339 e. The van der Waals surface area contributed by atoms with E-state index in [0.29, 0.717) is 5.82 Å². The molecule has 0 saturated heterocycles. The van der Waals surface area contributed by atoms with Gasteiger partial charge < -0.3 is 10.0 Å². The molecule has 16 heavy (non-hydrogen) atoms. The predicted molar refractivity (Wildman–Crippen MR) is 63.9 cm³/mol. The Hall–Kier alpha value is -1.58. The molecule has 1 heterocycles. The Morgan fingerprint density at radius 2 is 2.12 bits per heavy atom. The summed E-state index contributed by atoms with van der Waals surface area (Å²) in [6.07, 6.45) is 1.61. The molecule has 0 aliphatic heterocycles. The molecule has 0 aliphatic rings. The van der Waals surface area contributed by atoms with Crippen LogP contribution in [0.15, 0.2) is 18.3 Å². The summed E-state index contributed by atoms with van der Waals surface area (Å²) in [4.78, 5) is 17.0. The van der Waals surface area contributed by atoms with E-state index >= 15 is 0 Å². The van der Waals surface area contributed by atoms with Crippen molar-refractivity contribution in [3.05, 3.63) is 23.9 Å². The third-order valence-corrected chi connectivity index (χ3v) is 2.09. The molecular formula is C12H18N2O2. The Bertz CT molecular complexity index is 383. The Kier molecular flexibility index (Phi) is 3.52. The first-order valence-electron chi connectivity index (χ1n) is 5.21. The standard InChI is InChI=1S/C12H18N2O2/c1-12(2,3)8-14(4)10-9(11(15)16)6-5-7-13-10/h5-7H,8H2,1-4H3,(H,15,16). The highest BCUT2D eigenvalue weighted by Crippen LogP contribution is 2.21. The van der Waals surface area contributed by atoms with Gasteiger partial charge in [-0.25, -0.2) is 9.78 Å². The lowest BCUT2D eigenvalue weighted by Crippen LogP contribution is -2.30. The quantitative estimate of drug-likeness (QED) is 0.852. The molecule has 88 valence electrons. The van der Waals surface area contributed by atoms with Crippen molar-refractivity contribution in [3.8, 4) is 0 Å². The van der Waals surface area contributed by atoms with Gasteiger partial charge in [-0.3, -0.25) is 0 Å². The van der Waals surface area contributed by atoms with E-state index in [9.17, 15) is 4.79 Å². The Balaban J connectivity index is 2.99. The van der Waals surface area contributed by atoms with Crippen molar-refractivity contribution in [1.82, 2.24) is 4.98 Å². The van der Waals surface area contributed by atoms with E-state index in [-0.39, 0.29) is 11.0 Å². The third kappa shape index (κ3) is 3.22. The summed E-state index contributed by atoms with van der Waals surface area (Å²) in [5.74, 6) is -0.422. The first-order chi connectivity index (χ1) is 7.31. The van der Waals surface area contributed by atoms with E-state index in [0.717, 1.165) is 6.54 Å². The van der Waals surface area contributed by atoms with Gasteiger partial charge in [0.05, 0.1) is 0 Å². The smallest absolute Gasteiger partial charge is 0.339 e. The van der Waals surface area contributed by atoms with Crippen LogP contribution in [0.4, 0.5) is 5.82 Å². The number of anilines is 1. The number of hydrogen-bond acceptors (Lipinski definition) is 3. The van der Waals surface area contributed by atoms with Crippen LogP contribution in [0, 0.1) is 5.41 Å². The molecule has 1 aromatic heterocycles. The summed E-state index contributed by atoms with van der Waals surface area (Å²) in [5, 5.41) is 9.05. The molecule has 0 bridgehead atoms. The molecule has 4 heteroatoms. The van der Waals surface area contributed by atoms with E-state index in [1.807, 2.05) is 11.9 Å². The van der Waals surface area contributed by atoms with Crippen LogP contribution in [0.1, 0.15) is 31.1 Å². The fourth-order valence-corrected chi connectivity index (χ4v) is 1.65. The number of nitrogens with zero attached hydrogens (tertiary/aromatic N) is 2. The number of carboxylic acid groups (broad SMARTS) is 1. The number of aromatic nitrogens is 1.